The molecule has 24 heavy (non-hydrogen) atoms. The van der Waals surface area contributed by atoms with Gasteiger partial charge in [0.25, 0.3) is 6.47 Å². The summed E-state index contributed by atoms with van der Waals surface area (Å²) in [5.74, 6) is 0. The van der Waals surface area contributed by atoms with Gasteiger partial charge < -0.3 is 10.1 Å². The number of nitrogens with one attached hydrogen (secondary N) is 1. The highest BCUT2D eigenvalue weighted by Crippen LogP contribution is 2.39. The maximum absolute atomic E-state index is 12.8. The second-order valence-electron chi connectivity index (χ2n) is 6.96. The Bertz CT molecular complexity index is 495. The Kier molecular flexibility index (Phi) is 8.10. The van der Waals surface area contributed by atoms with Crippen molar-refractivity contribution in [2.45, 2.75) is 57.5 Å². The van der Waals surface area contributed by atoms with Crippen molar-refractivity contribution in [2.75, 3.05) is 13.1 Å². The lowest BCUT2D eigenvalue weighted by molar-refractivity contribution is -0.138. The van der Waals surface area contributed by atoms with Crippen LogP contribution in [-0.4, -0.2) is 31.6 Å². The summed E-state index contributed by atoms with van der Waals surface area (Å²) in [6.45, 7) is 7.52. The van der Waals surface area contributed by atoms with E-state index in [0.29, 0.717) is 11.5 Å². The fraction of sp³-hybridized carbons (Fsp3) is 0.611. The van der Waals surface area contributed by atoms with Gasteiger partial charge in [-0.1, -0.05) is 23.7 Å². The van der Waals surface area contributed by atoms with Crippen molar-refractivity contribution in [3.63, 3.8) is 0 Å². The number of carbonyl (C=O) groups is 1. The van der Waals surface area contributed by atoms with Gasteiger partial charge in [0.1, 0.15) is 5.60 Å². The third-order valence-corrected chi connectivity index (χ3v) is 4.22. The highest BCUT2D eigenvalue weighted by molar-refractivity contribution is 6.30. The summed E-state index contributed by atoms with van der Waals surface area (Å²) in [6.07, 6.45) is -0.794. The third kappa shape index (κ3) is 7.14. The molecule has 0 unspecified atom stereocenters. The van der Waals surface area contributed by atoms with Crippen LogP contribution in [0.15, 0.2) is 24.3 Å². The maximum atomic E-state index is 12.8. The molecular weight excluding hydrogens is 336 g/mol. The molecule has 3 nitrogen and oxygen atoms in total. The predicted octanol–water partition coefficient (Wildman–Crippen LogP) is 4.57. The number of alkyl halides is 2. The molecule has 1 fully saturated rings. The second-order valence-corrected chi connectivity index (χ2v) is 7.40. The van der Waals surface area contributed by atoms with Gasteiger partial charge in [-0.15, -0.1) is 0 Å². The standard InChI is InChI=1S/C13H16ClF2N.C5H10O2/c14-11-3-1-10(2-4-11)13(9-12(15)16)5-7-17-8-6-13;1-5(2,3)7-4-6/h1-4,12,17H,5-9H2;4H,1-3H3. The molecule has 1 saturated heterocycles. The molecule has 1 aromatic rings. The molecule has 0 radical (unpaired) electrons. The molecule has 0 saturated carbocycles. The SMILES string of the molecule is CC(C)(C)OC=O.FC(F)CC1(c2ccc(Cl)cc2)CCNCC1. The van der Waals surface area contributed by atoms with Crippen molar-refractivity contribution in [3.8, 4) is 0 Å². The molecule has 0 spiro atoms. The Morgan fingerprint density at radius 2 is 1.79 bits per heavy atom. The fourth-order valence-electron chi connectivity index (χ4n) is 2.76. The van der Waals surface area contributed by atoms with Gasteiger partial charge in [-0.25, -0.2) is 8.78 Å². The number of hydrogen-bond acceptors (Lipinski definition) is 3. The normalized spacial score (nSPS) is 17.0. The van der Waals surface area contributed by atoms with Crippen LogP contribution in [0.4, 0.5) is 8.78 Å². The van der Waals surface area contributed by atoms with Crippen molar-refractivity contribution in [3.05, 3.63) is 34.9 Å². The molecule has 136 valence electrons. The highest BCUT2D eigenvalue weighted by Gasteiger charge is 2.36. The topological polar surface area (TPSA) is 38.3 Å². The van der Waals surface area contributed by atoms with Crippen LogP contribution < -0.4 is 5.32 Å². The van der Waals surface area contributed by atoms with Gasteiger partial charge in [0.05, 0.1) is 0 Å². The lowest BCUT2D eigenvalue weighted by atomic mass is 9.71. The van der Waals surface area contributed by atoms with Gasteiger partial charge >= 0.3 is 0 Å². The molecule has 6 heteroatoms. The molecule has 1 aliphatic rings. The first kappa shape index (κ1) is 20.8. The summed E-state index contributed by atoms with van der Waals surface area (Å²) in [5, 5.41) is 3.87. The molecule has 0 atom stereocenters. The minimum absolute atomic E-state index is 0.0592. The molecule has 2 rings (SSSR count). The van der Waals surface area contributed by atoms with Crippen LogP contribution in [0.25, 0.3) is 0 Å². The van der Waals surface area contributed by atoms with E-state index in [-0.39, 0.29) is 17.4 Å². The lowest BCUT2D eigenvalue weighted by Gasteiger charge is -2.38. The average molecular weight is 362 g/mol. The maximum Gasteiger partial charge on any atom is 0.293 e. The van der Waals surface area contributed by atoms with Gasteiger partial charge in [0, 0.05) is 16.9 Å². The zero-order chi connectivity index (χ0) is 18.2. The Morgan fingerprint density at radius 3 is 2.17 bits per heavy atom. The van der Waals surface area contributed by atoms with Crippen molar-refractivity contribution in [2.24, 2.45) is 0 Å². The average Bonchev–Trinajstić information content (AvgIpc) is 2.47. The summed E-state index contributed by atoms with van der Waals surface area (Å²) in [5.41, 5.74) is 0.287. The number of rotatable bonds is 4. The number of piperidine rings is 1. The van der Waals surface area contributed by atoms with Crippen LogP contribution in [0.3, 0.4) is 0 Å². The van der Waals surface area contributed by atoms with Crippen LogP contribution in [0.5, 0.6) is 0 Å². The van der Waals surface area contributed by atoms with Gasteiger partial charge in [0.2, 0.25) is 6.43 Å². The van der Waals surface area contributed by atoms with Gasteiger partial charge in [-0.2, -0.15) is 0 Å². The first-order valence-corrected chi connectivity index (χ1v) is 8.43. The molecule has 0 bridgehead atoms. The minimum atomic E-state index is -2.26. The van der Waals surface area contributed by atoms with Crippen LogP contribution in [-0.2, 0) is 14.9 Å². The number of hydrogen-bond donors (Lipinski definition) is 1. The molecule has 1 aromatic carbocycles. The first-order chi connectivity index (χ1) is 11.2. The van der Waals surface area contributed by atoms with Gasteiger partial charge in [-0.3, -0.25) is 4.79 Å². The molecule has 0 aromatic heterocycles. The number of carbonyl (C=O) groups excluding carboxylic acids is 1. The monoisotopic (exact) mass is 361 g/mol. The molecule has 1 N–H and O–H groups in total. The van der Waals surface area contributed by atoms with E-state index in [0.717, 1.165) is 31.5 Å². The van der Waals surface area contributed by atoms with Crippen LogP contribution in [0.1, 0.15) is 45.6 Å². The molecule has 0 amide bonds. The predicted molar refractivity (Wildman–Crippen MR) is 92.8 cm³/mol. The van der Waals surface area contributed by atoms with E-state index in [4.69, 9.17) is 11.6 Å². The Hall–Kier alpha value is -1.20. The van der Waals surface area contributed by atoms with Crippen LogP contribution in [0, 0.1) is 0 Å². The largest absolute Gasteiger partial charge is 0.462 e. The Labute approximate surface area is 147 Å². The highest BCUT2D eigenvalue weighted by atomic mass is 35.5. The molecule has 0 aliphatic carbocycles. The van der Waals surface area contributed by atoms with E-state index in [9.17, 15) is 13.6 Å². The summed E-state index contributed by atoms with van der Waals surface area (Å²) in [4.78, 5) is 9.60. The summed E-state index contributed by atoms with van der Waals surface area (Å²) < 4.78 is 30.1. The van der Waals surface area contributed by atoms with E-state index in [2.05, 4.69) is 10.1 Å². The van der Waals surface area contributed by atoms with Crippen molar-refractivity contribution >= 4 is 18.1 Å². The third-order valence-electron chi connectivity index (χ3n) is 3.96. The molecule has 1 heterocycles. The molecular formula is C18H26ClF2NO2. The van der Waals surface area contributed by atoms with E-state index < -0.39 is 6.43 Å². The molecule has 1 aliphatic heterocycles. The van der Waals surface area contributed by atoms with Crippen molar-refractivity contribution in [1.29, 1.82) is 0 Å². The van der Waals surface area contributed by atoms with Crippen molar-refractivity contribution in [1.82, 2.24) is 5.32 Å². The summed E-state index contributed by atoms with van der Waals surface area (Å²) in [6, 6.07) is 7.34. The number of halogens is 3. The Morgan fingerprint density at radius 1 is 1.25 bits per heavy atom. The van der Waals surface area contributed by atoms with E-state index >= 15 is 0 Å². The zero-order valence-corrected chi connectivity index (χ0v) is 15.2. The Balaban J connectivity index is 0.000000351. The summed E-state index contributed by atoms with van der Waals surface area (Å²) in [7, 11) is 0. The minimum Gasteiger partial charge on any atom is -0.462 e. The smallest absolute Gasteiger partial charge is 0.293 e. The lowest BCUT2D eigenvalue weighted by Crippen LogP contribution is -2.41. The quantitative estimate of drug-likeness (QED) is 0.798. The number of benzene rings is 1. The van der Waals surface area contributed by atoms with E-state index in [1.807, 2.05) is 32.9 Å². The zero-order valence-electron chi connectivity index (χ0n) is 14.5. The van der Waals surface area contributed by atoms with E-state index in [1.54, 1.807) is 12.1 Å². The van der Waals surface area contributed by atoms with Crippen LogP contribution >= 0.6 is 11.6 Å². The van der Waals surface area contributed by atoms with Crippen molar-refractivity contribution < 1.29 is 18.3 Å². The van der Waals surface area contributed by atoms with Crippen LogP contribution in [0.2, 0.25) is 5.02 Å². The number of ether oxygens (including phenoxy) is 1. The first-order valence-electron chi connectivity index (χ1n) is 8.05. The van der Waals surface area contributed by atoms with E-state index in [1.165, 1.54) is 0 Å². The summed E-state index contributed by atoms with van der Waals surface area (Å²) >= 11 is 5.84. The fourth-order valence-corrected chi connectivity index (χ4v) is 2.89. The van der Waals surface area contributed by atoms with Gasteiger partial charge in [-0.05, 0) is 64.4 Å². The second kappa shape index (κ2) is 9.33. The van der Waals surface area contributed by atoms with Gasteiger partial charge in [0.15, 0.2) is 0 Å².